The number of rotatable bonds is 5. The summed E-state index contributed by atoms with van der Waals surface area (Å²) in [6, 6.07) is 4.93. The third kappa shape index (κ3) is 3.01. The Morgan fingerprint density at radius 1 is 1.41 bits per heavy atom. The highest BCUT2D eigenvalue weighted by Gasteiger charge is 2.11. The van der Waals surface area contributed by atoms with Gasteiger partial charge in [-0.25, -0.2) is 4.98 Å². The molecule has 3 nitrogen and oxygen atoms in total. The van der Waals surface area contributed by atoms with Crippen molar-refractivity contribution in [2.45, 2.75) is 39.7 Å². The molecule has 3 heterocycles. The molecular formula is C17H20IN3S. The number of fused-ring (bicyclic) bond motifs is 1. The van der Waals surface area contributed by atoms with Gasteiger partial charge in [-0.1, -0.05) is 25.2 Å². The van der Waals surface area contributed by atoms with E-state index in [1.807, 2.05) is 6.20 Å². The number of pyridine rings is 1. The topological polar surface area (TPSA) is 29.3 Å². The number of anilines is 1. The lowest BCUT2D eigenvalue weighted by Gasteiger charge is -2.08. The Morgan fingerprint density at radius 3 is 2.95 bits per heavy atom. The van der Waals surface area contributed by atoms with Gasteiger partial charge in [0.2, 0.25) is 0 Å². The Morgan fingerprint density at radius 2 is 2.23 bits per heavy atom. The molecular weight excluding hydrogens is 405 g/mol. The van der Waals surface area contributed by atoms with E-state index in [9.17, 15) is 0 Å². The Hall–Kier alpha value is -1.08. The van der Waals surface area contributed by atoms with Crippen LogP contribution < -0.4 is 5.32 Å². The predicted octanol–water partition coefficient (Wildman–Crippen LogP) is 5.44. The second-order valence-electron chi connectivity index (χ2n) is 5.51. The highest BCUT2D eigenvalue weighted by atomic mass is 127. The first-order chi connectivity index (χ1) is 10.6. The van der Waals surface area contributed by atoms with Crippen LogP contribution in [0.25, 0.3) is 16.0 Å². The fourth-order valence-corrected chi connectivity index (χ4v) is 4.34. The molecule has 0 aromatic carbocycles. The second kappa shape index (κ2) is 6.58. The van der Waals surface area contributed by atoms with Gasteiger partial charge >= 0.3 is 0 Å². The molecule has 0 unspecified atom stereocenters. The first-order valence-electron chi connectivity index (χ1n) is 7.64. The van der Waals surface area contributed by atoms with Crippen molar-refractivity contribution in [3.8, 4) is 10.4 Å². The fraction of sp³-hybridized carbons (Fsp3) is 0.353. The summed E-state index contributed by atoms with van der Waals surface area (Å²) < 4.78 is 3.53. The summed E-state index contributed by atoms with van der Waals surface area (Å²) in [7, 11) is 0. The van der Waals surface area contributed by atoms with Gasteiger partial charge in [-0.2, -0.15) is 0 Å². The largest absolute Gasteiger partial charge is 0.359 e. The third-order valence-corrected chi connectivity index (χ3v) is 5.74. The number of aromatic nitrogens is 2. The molecule has 0 saturated heterocycles. The van der Waals surface area contributed by atoms with E-state index >= 15 is 0 Å². The SMILES string of the molecule is CCc1ccn2cc(-c3cnc(N[C@H](C)CC)s3)cc(I)c12. The smallest absolute Gasteiger partial charge is 0.183 e. The lowest BCUT2D eigenvalue weighted by atomic mass is 10.2. The summed E-state index contributed by atoms with van der Waals surface area (Å²) in [6.07, 6.45) is 8.49. The number of hydrogen-bond acceptors (Lipinski definition) is 3. The molecule has 0 spiro atoms. The molecule has 3 aromatic rings. The number of aryl methyl sites for hydroxylation is 1. The highest BCUT2D eigenvalue weighted by molar-refractivity contribution is 14.1. The van der Waals surface area contributed by atoms with E-state index in [0.29, 0.717) is 6.04 Å². The van der Waals surface area contributed by atoms with Crippen LogP contribution in [0.15, 0.2) is 30.7 Å². The molecule has 0 aliphatic rings. The highest BCUT2D eigenvalue weighted by Crippen LogP contribution is 2.32. The monoisotopic (exact) mass is 425 g/mol. The molecule has 0 fully saturated rings. The maximum atomic E-state index is 4.51. The zero-order valence-electron chi connectivity index (χ0n) is 13.1. The number of hydrogen-bond donors (Lipinski definition) is 1. The molecule has 0 saturated carbocycles. The molecule has 1 N–H and O–H groups in total. The zero-order chi connectivity index (χ0) is 15.7. The van der Waals surface area contributed by atoms with E-state index in [4.69, 9.17) is 0 Å². The van der Waals surface area contributed by atoms with Crippen molar-refractivity contribution in [2.75, 3.05) is 5.32 Å². The molecule has 3 rings (SSSR count). The first-order valence-corrected chi connectivity index (χ1v) is 9.53. The maximum Gasteiger partial charge on any atom is 0.183 e. The van der Waals surface area contributed by atoms with Gasteiger partial charge in [0.1, 0.15) is 0 Å². The number of halogens is 1. The molecule has 1 atom stereocenters. The van der Waals surface area contributed by atoms with Crippen LogP contribution in [0, 0.1) is 3.57 Å². The van der Waals surface area contributed by atoms with E-state index < -0.39 is 0 Å². The van der Waals surface area contributed by atoms with E-state index in [0.717, 1.165) is 18.0 Å². The average molecular weight is 425 g/mol. The van der Waals surface area contributed by atoms with Gasteiger partial charge in [0.05, 0.1) is 10.4 Å². The molecule has 0 aliphatic heterocycles. The van der Waals surface area contributed by atoms with Crippen molar-refractivity contribution in [1.29, 1.82) is 0 Å². The van der Waals surface area contributed by atoms with Gasteiger partial charge in [-0.15, -0.1) is 0 Å². The van der Waals surface area contributed by atoms with Crippen LogP contribution in [0.2, 0.25) is 0 Å². The van der Waals surface area contributed by atoms with Crippen molar-refractivity contribution in [3.05, 3.63) is 39.9 Å². The normalized spacial score (nSPS) is 12.7. The molecule has 3 aromatic heterocycles. The van der Waals surface area contributed by atoms with Crippen LogP contribution in [-0.4, -0.2) is 15.4 Å². The van der Waals surface area contributed by atoms with Gasteiger partial charge in [0.15, 0.2) is 5.13 Å². The molecule has 0 bridgehead atoms. The number of thiazole rings is 1. The van der Waals surface area contributed by atoms with Crippen molar-refractivity contribution in [2.24, 2.45) is 0 Å². The van der Waals surface area contributed by atoms with E-state index in [2.05, 4.69) is 82.6 Å². The van der Waals surface area contributed by atoms with Crippen molar-refractivity contribution in [1.82, 2.24) is 9.38 Å². The van der Waals surface area contributed by atoms with Crippen molar-refractivity contribution < 1.29 is 0 Å². The molecule has 0 radical (unpaired) electrons. The molecule has 116 valence electrons. The fourth-order valence-electron chi connectivity index (χ4n) is 2.47. The van der Waals surface area contributed by atoms with Crippen LogP contribution in [0.4, 0.5) is 5.13 Å². The summed E-state index contributed by atoms with van der Waals surface area (Å²) in [5, 5.41) is 4.45. The minimum absolute atomic E-state index is 0.457. The van der Waals surface area contributed by atoms with Crippen molar-refractivity contribution in [3.63, 3.8) is 0 Å². The van der Waals surface area contributed by atoms with Crippen LogP contribution in [-0.2, 0) is 6.42 Å². The zero-order valence-corrected chi connectivity index (χ0v) is 16.0. The first kappa shape index (κ1) is 15.8. The van der Waals surface area contributed by atoms with Crippen LogP contribution in [0.1, 0.15) is 32.8 Å². The quantitative estimate of drug-likeness (QED) is 0.552. The number of nitrogens with zero attached hydrogens (tertiary/aromatic N) is 2. The van der Waals surface area contributed by atoms with Crippen molar-refractivity contribution >= 4 is 44.6 Å². The van der Waals surface area contributed by atoms with Gasteiger partial charge in [-0.3, -0.25) is 0 Å². The Bertz CT molecular complexity index is 790. The summed E-state index contributed by atoms with van der Waals surface area (Å²) in [4.78, 5) is 5.71. The average Bonchev–Trinajstić information content (AvgIpc) is 3.13. The Balaban J connectivity index is 1.97. The summed E-state index contributed by atoms with van der Waals surface area (Å²) in [5.74, 6) is 0. The van der Waals surface area contributed by atoms with Gasteiger partial charge in [-0.05, 0) is 60.1 Å². The predicted molar refractivity (Wildman–Crippen MR) is 104 cm³/mol. The minimum atomic E-state index is 0.457. The van der Waals surface area contributed by atoms with Crippen LogP contribution >= 0.6 is 33.9 Å². The van der Waals surface area contributed by atoms with E-state index in [1.165, 1.54) is 25.1 Å². The number of nitrogens with one attached hydrogen (secondary N) is 1. The molecule has 0 aliphatic carbocycles. The van der Waals surface area contributed by atoms with Gasteiger partial charge in [0, 0.05) is 33.8 Å². The van der Waals surface area contributed by atoms with Gasteiger partial charge < -0.3 is 9.72 Å². The lowest BCUT2D eigenvalue weighted by molar-refractivity contribution is 0.763. The molecule has 0 amide bonds. The van der Waals surface area contributed by atoms with E-state index in [-0.39, 0.29) is 0 Å². The van der Waals surface area contributed by atoms with Gasteiger partial charge in [0.25, 0.3) is 0 Å². The third-order valence-electron chi connectivity index (χ3n) is 3.94. The summed E-state index contributed by atoms with van der Waals surface area (Å²) in [5.41, 5.74) is 3.96. The molecule has 22 heavy (non-hydrogen) atoms. The van der Waals surface area contributed by atoms with Crippen LogP contribution in [0.3, 0.4) is 0 Å². The van der Waals surface area contributed by atoms with Crippen LogP contribution in [0.5, 0.6) is 0 Å². The standard InChI is InChI=1S/C17H20IN3S/c1-4-11(3)20-17-19-9-15(22-17)13-8-14(18)16-12(5-2)6-7-21(16)10-13/h6-11H,4-5H2,1-3H3,(H,19,20)/t11-/m1/s1. The minimum Gasteiger partial charge on any atom is -0.359 e. The summed E-state index contributed by atoms with van der Waals surface area (Å²) in [6.45, 7) is 6.57. The molecule has 5 heteroatoms. The Kier molecular flexibility index (Phi) is 4.73. The maximum absolute atomic E-state index is 4.51. The van der Waals surface area contributed by atoms with E-state index in [1.54, 1.807) is 11.3 Å². The Labute approximate surface area is 148 Å². The summed E-state index contributed by atoms with van der Waals surface area (Å²) >= 11 is 4.16. The lowest BCUT2D eigenvalue weighted by Crippen LogP contribution is -2.12. The second-order valence-corrected chi connectivity index (χ2v) is 7.70.